The first-order chi connectivity index (χ1) is 14.3. The molecule has 3 aromatic carbocycles. The van der Waals surface area contributed by atoms with Gasteiger partial charge in [-0.25, -0.2) is 8.42 Å². The van der Waals surface area contributed by atoms with Gasteiger partial charge in [-0.05, 0) is 67.9 Å². The highest BCUT2D eigenvalue weighted by Gasteiger charge is 2.27. The van der Waals surface area contributed by atoms with Crippen LogP contribution in [0.2, 0.25) is 0 Å². The lowest BCUT2D eigenvalue weighted by molar-refractivity contribution is -0.114. The first kappa shape index (κ1) is 21.4. The molecule has 0 aromatic heterocycles. The summed E-state index contributed by atoms with van der Waals surface area (Å²) in [6, 6.07) is 20.4. The zero-order valence-electron chi connectivity index (χ0n) is 17.1. The highest BCUT2D eigenvalue weighted by molar-refractivity contribution is 7.92. The third-order valence-electron chi connectivity index (χ3n) is 4.56. The van der Waals surface area contributed by atoms with Gasteiger partial charge in [-0.15, -0.1) is 0 Å². The number of sulfonamides is 1. The Bertz CT molecular complexity index is 1120. The average molecular weight is 425 g/mol. The first-order valence-corrected chi connectivity index (χ1v) is 10.8. The second-order valence-electron chi connectivity index (χ2n) is 6.94. The number of carbonyl (C=O) groups excluding carboxylic acids is 1. The quantitative estimate of drug-likeness (QED) is 0.618. The number of anilines is 2. The van der Waals surface area contributed by atoms with Gasteiger partial charge in [0.2, 0.25) is 5.91 Å². The Hall–Kier alpha value is -3.32. The van der Waals surface area contributed by atoms with Crippen LogP contribution in [0.25, 0.3) is 0 Å². The van der Waals surface area contributed by atoms with Gasteiger partial charge in [0.1, 0.15) is 12.3 Å². The predicted molar refractivity (Wildman–Crippen MR) is 119 cm³/mol. The standard InChI is InChI=1S/C23H24N2O4S/c1-17-7-13-22(14-8-17)30(27,28)25(20-9-11-21(29-3)12-10-20)16-23(26)24-19-6-4-5-18(2)15-19/h4-15H,16H2,1-3H3,(H,24,26). The molecule has 0 fully saturated rings. The number of hydrogen-bond donors (Lipinski definition) is 1. The Kier molecular flexibility index (Phi) is 6.42. The van der Waals surface area contributed by atoms with E-state index in [-0.39, 0.29) is 11.4 Å². The molecule has 3 rings (SSSR count). The van der Waals surface area contributed by atoms with E-state index in [2.05, 4.69) is 5.32 Å². The fourth-order valence-corrected chi connectivity index (χ4v) is 4.38. The molecule has 0 aliphatic rings. The summed E-state index contributed by atoms with van der Waals surface area (Å²) in [4.78, 5) is 12.8. The van der Waals surface area contributed by atoms with E-state index in [0.717, 1.165) is 15.4 Å². The summed E-state index contributed by atoms with van der Waals surface area (Å²) < 4.78 is 33.0. The molecule has 0 atom stereocenters. The first-order valence-electron chi connectivity index (χ1n) is 9.39. The molecule has 156 valence electrons. The minimum absolute atomic E-state index is 0.118. The number of benzene rings is 3. The van der Waals surface area contributed by atoms with E-state index in [0.29, 0.717) is 17.1 Å². The van der Waals surface area contributed by atoms with Gasteiger partial charge in [0, 0.05) is 5.69 Å². The van der Waals surface area contributed by atoms with Crippen molar-refractivity contribution >= 4 is 27.3 Å². The van der Waals surface area contributed by atoms with Gasteiger partial charge in [0.25, 0.3) is 10.0 Å². The molecule has 0 unspecified atom stereocenters. The van der Waals surface area contributed by atoms with Crippen molar-refractivity contribution in [3.05, 3.63) is 83.9 Å². The van der Waals surface area contributed by atoms with Crippen LogP contribution in [0.1, 0.15) is 11.1 Å². The third-order valence-corrected chi connectivity index (χ3v) is 6.35. The summed E-state index contributed by atoms with van der Waals surface area (Å²) in [7, 11) is -2.42. The molecule has 0 aliphatic carbocycles. The highest BCUT2D eigenvalue weighted by Crippen LogP contribution is 2.26. The zero-order valence-corrected chi connectivity index (χ0v) is 17.9. The average Bonchev–Trinajstić information content (AvgIpc) is 2.72. The fraction of sp³-hybridized carbons (Fsp3) is 0.174. The molecule has 0 bridgehead atoms. The summed E-state index contributed by atoms with van der Waals surface area (Å²) in [5, 5.41) is 2.77. The number of aryl methyl sites for hydroxylation is 2. The smallest absolute Gasteiger partial charge is 0.264 e. The van der Waals surface area contributed by atoms with Crippen molar-refractivity contribution < 1.29 is 17.9 Å². The van der Waals surface area contributed by atoms with Gasteiger partial charge >= 0.3 is 0 Å². The maximum atomic E-state index is 13.4. The van der Waals surface area contributed by atoms with Crippen molar-refractivity contribution in [2.24, 2.45) is 0 Å². The Morgan fingerprint density at radius 1 is 0.933 bits per heavy atom. The Morgan fingerprint density at radius 2 is 1.60 bits per heavy atom. The van der Waals surface area contributed by atoms with E-state index in [1.807, 2.05) is 32.0 Å². The van der Waals surface area contributed by atoms with Gasteiger partial charge in [-0.1, -0.05) is 29.8 Å². The summed E-state index contributed by atoms with van der Waals surface area (Å²) in [6.07, 6.45) is 0. The number of hydrogen-bond acceptors (Lipinski definition) is 4. The number of nitrogens with zero attached hydrogens (tertiary/aromatic N) is 1. The summed E-state index contributed by atoms with van der Waals surface area (Å²) in [5.74, 6) is 0.155. The maximum absolute atomic E-state index is 13.4. The van der Waals surface area contributed by atoms with E-state index < -0.39 is 15.9 Å². The van der Waals surface area contributed by atoms with Crippen LogP contribution in [0, 0.1) is 13.8 Å². The van der Waals surface area contributed by atoms with Crippen molar-refractivity contribution in [3.63, 3.8) is 0 Å². The summed E-state index contributed by atoms with van der Waals surface area (Å²) in [5.41, 5.74) is 2.92. The van der Waals surface area contributed by atoms with Gasteiger partial charge in [-0.3, -0.25) is 9.10 Å². The Balaban J connectivity index is 1.94. The van der Waals surface area contributed by atoms with Crippen LogP contribution in [0.3, 0.4) is 0 Å². The predicted octanol–water partition coefficient (Wildman–Crippen LogP) is 4.15. The zero-order chi connectivity index (χ0) is 21.7. The van der Waals surface area contributed by atoms with Crippen LogP contribution < -0.4 is 14.4 Å². The van der Waals surface area contributed by atoms with E-state index >= 15 is 0 Å². The largest absolute Gasteiger partial charge is 0.497 e. The van der Waals surface area contributed by atoms with Crippen LogP contribution in [0.5, 0.6) is 5.75 Å². The molecule has 0 radical (unpaired) electrons. The lowest BCUT2D eigenvalue weighted by Gasteiger charge is -2.24. The molecule has 0 heterocycles. The van der Waals surface area contributed by atoms with Gasteiger partial charge in [-0.2, -0.15) is 0 Å². The number of carbonyl (C=O) groups is 1. The lowest BCUT2D eigenvalue weighted by Crippen LogP contribution is -2.38. The van der Waals surface area contributed by atoms with Crippen molar-refractivity contribution in [1.82, 2.24) is 0 Å². The molecule has 30 heavy (non-hydrogen) atoms. The fourth-order valence-electron chi connectivity index (χ4n) is 2.95. The molecular formula is C23H24N2O4S. The van der Waals surface area contributed by atoms with Gasteiger partial charge in [0.05, 0.1) is 17.7 Å². The second kappa shape index (κ2) is 9.00. The van der Waals surface area contributed by atoms with Crippen molar-refractivity contribution in [2.75, 3.05) is 23.3 Å². The SMILES string of the molecule is COc1ccc(N(CC(=O)Nc2cccc(C)c2)S(=O)(=O)c2ccc(C)cc2)cc1. The molecule has 1 amide bonds. The van der Waals surface area contributed by atoms with E-state index in [1.165, 1.54) is 7.11 Å². The molecule has 3 aromatic rings. The number of ether oxygens (including phenoxy) is 1. The summed E-state index contributed by atoms with van der Waals surface area (Å²) >= 11 is 0. The van der Waals surface area contributed by atoms with Crippen molar-refractivity contribution in [3.8, 4) is 5.75 Å². The third kappa shape index (κ3) is 4.99. The van der Waals surface area contributed by atoms with Crippen LogP contribution in [-0.2, 0) is 14.8 Å². The molecule has 0 saturated carbocycles. The monoisotopic (exact) mass is 424 g/mol. The van der Waals surface area contributed by atoms with Crippen molar-refractivity contribution in [1.29, 1.82) is 0 Å². The van der Waals surface area contributed by atoms with Crippen LogP contribution in [0.15, 0.2) is 77.7 Å². The van der Waals surface area contributed by atoms with Crippen LogP contribution in [-0.4, -0.2) is 28.0 Å². The van der Waals surface area contributed by atoms with E-state index in [1.54, 1.807) is 54.6 Å². The number of rotatable bonds is 7. The highest BCUT2D eigenvalue weighted by atomic mass is 32.2. The number of methoxy groups -OCH3 is 1. The molecule has 1 N–H and O–H groups in total. The number of nitrogens with one attached hydrogen (secondary N) is 1. The molecule has 0 saturated heterocycles. The van der Waals surface area contributed by atoms with Gasteiger partial charge < -0.3 is 10.1 Å². The van der Waals surface area contributed by atoms with Crippen molar-refractivity contribution in [2.45, 2.75) is 18.7 Å². The minimum Gasteiger partial charge on any atom is -0.497 e. The Morgan fingerprint density at radius 3 is 2.20 bits per heavy atom. The van der Waals surface area contributed by atoms with E-state index in [9.17, 15) is 13.2 Å². The molecule has 7 heteroatoms. The molecule has 0 aliphatic heterocycles. The minimum atomic E-state index is -3.95. The van der Waals surface area contributed by atoms with E-state index in [4.69, 9.17) is 4.74 Å². The summed E-state index contributed by atoms with van der Waals surface area (Å²) in [6.45, 7) is 3.44. The normalized spacial score (nSPS) is 11.0. The molecular weight excluding hydrogens is 400 g/mol. The molecule has 0 spiro atoms. The van der Waals surface area contributed by atoms with Gasteiger partial charge in [0.15, 0.2) is 0 Å². The number of amides is 1. The second-order valence-corrected chi connectivity index (χ2v) is 8.80. The topological polar surface area (TPSA) is 75.7 Å². The van der Waals surface area contributed by atoms with Crippen LogP contribution >= 0.6 is 0 Å². The van der Waals surface area contributed by atoms with Crippen LogP contribution in [0.4, 0.5) is 11.4 Å². The lowest BCUT2D eigenvalue weighted by atomic mass is 10.2. The molecule has 6 nitrogen and oxygen atoms in total. The maximum Gasteiger partial charge on any atom is 0.264 e. The Labute approximate surface area is 177 Å².